The largest absolute Gasteiger partial charge is 0.508 e. The molecule has 3 aliphatic heterocycles. The summed E-state index contributed by atoms with van der Waals surface area (Å²) in [5, 5.41) is 21.0. The van der Waals surface area contributed by atoms with E-state index < -0.39 is 29.9 Å². The summed E-state index contributed by atoms with van der Waals surface area (Å²) in [6.07, 6.45) is 0.914. The van der Waals surface area contributed by atoms with Gasteiger partial charge in [0, 0.05) is 11.1 Å². The highest BCUT2D eigenvalue weighted by molar-refractivity contribution is 6.07. The lowest BCUT2D eigenvalue weighted by Crippen LogP contribution is -2.60. The minimum Gasteiger partial charge on any atom is -0.508 e. The van der Waals surface area contributed by atoms with Crippen LogP contribution in [0.15, 0.2) is 42.5 Å². The molecule has 3 heterocycles. The number of carbonyl (C=O) groups is 1. The minimum absolute atomic E-state index is 0.0739. The summed E-state index contributed by atoms with van der Waals surface area (Å²) in [6, 6.07) is 8.28. The number of carbonyl (C=O) groups excluding carboxylic acids is 1. The molecule has 0 amide bonds. The van der Waals surface area contributed by atoms with E-state index in [1.54, 1.807) is 30.3 Å². The lowest BCUT2D eigenvalue weighted by Gasteiger charge is -2.53. The van der Waals surface area contributed by atoms with E-state index in [4.69, 9.17) is 18.9 Å². The Kier molecular flexibility index (Phi) is 2.11. The maximum absolute atomic E-state index is 12.4. The zero-order chi connectivity index (χ0) is 18.1. The van der Waals surface area contributed by atoms with Crippen LogP contribution in [0.25, 0.3) is 0 Å². The zero-order valence-electron chi connectivity index (χ0n) is 13.7. The first-order valence-corrected chi connectivity index (χ1v) is 8.69. The topological polar surface area (TPSA) is 97.8 Å². The Hall–Kier alpha value is -2.87. The van der Waals surface area contributed by atoms with E-state index in [9.17, 15) is 15.0 Å². The number of phenols is 1. The monoisotopic (exact) mass is 364 g/mol. The Morgan fingerprint density at radius 1 is 1.04 bits per heavy atom. The quantitative estimate of drug-likeness (QED) is 0.688. The average molecular weight is 364 g/mol. The van der Waals surface area contributed by atoms with Crippen molar-refractivity contribution in [1.82, 2.24) is 0 Å². The first-order valence-electron chi connectivity index (χ1n) is 8.69. The number of benzene rings is 2. The molecule has 27 heavy (non-hydrogen) atoms. The molecule has 2 bridgehead atoms. The van der Waals surface area contributed by atoms with Gasteiger partial charge in [0.2, 0.25) is 0 Å². The molecule has 2 aliphatic carbocycles. The molecule has 0 saturated carbocycles. The van der Waals surface area contributed by atoms with Crippen molar-refractivity contribution < 1.29 is 34.0 Å². The molecule has 2 unspecified atom stereocenters. The van der Waals surface area contributed by atoms with Gasteiger partial charge >= 0.3 is 0 Å². The fourth-order valence-corrected chi connectivity index (χ4v) is 4.83. The van der Waals surface area contributed by atoms with Crippen LogP contribution in [0, 0.1) is 0 Å². The van der Waals surface area contributed by atoms with E-state index in [0.29, 0.717) is 28.2 Å². The summed E-state index contributed by atoms with van der Waals surface area (Å²) in [5.41, 5.74) is 1.69. The van der Waals surface area contributed by atoms with Gasteiger partial charge in [-0.1, -0.05) is 12.1 Å². The molecule has 2 N–H and O–H groups in total. The van der Waals surface area contributed by atoms with Gasteiger partial charge in [-0.25, -0.2) is 0 Å². The smallest absolute Gasteiger partial charge is 0.274 e. The fraction of sp³-hybridized carbons (Fsp3) is 0.250. The second-order valence-corrected chi connectivity index (χ2v) is 7.36. The number of fused-ring (bicyclic) bond motifs is 1. The summed E-state index contributed by atoms with van der Waals surface area (Å²) in [5.74, 6) is -2.06. The fourth-order valence-electron chi connectivity index (χ4n) is 4.83. The Labute approximate surface area is 152 Å². The Balaban J connectivity index is 1.60. The summed E-state index contributed by atoms with van der Waals surface area (Å²) in [7, 11) is 0. The highest BCUT2D eigenvalue weighted by Crippen LogP contribution is 2.66. The van der Waals surface area contributed by atoms with Gasteiger partial charge in [-0.3, -0.25) is 9.53 Å². The number of allylic oxidation sites excluding steroid dienone is 1. The van der Waals surface area contributed by atoms with Crippen molar-refractivity contribution in [2.24, 2.45) is 0 Å². The summed E-state index contributed by atoms with van der Waals surface area (Å²) >= 11 is 0. The molecule has 0 aromatic heterocycles. The number of aromatic hydroxyl groups is 1. The van der Waals surface area contributed by atoms with Crippen molar-refractivity contribution in [2.75, 3.05) is 0 Å². The number of hydrogen-bond acceptors (Lipinski definition) is 7. The van der Waals surface area contributed by atoms with E-state index in [-0.39, 0.29) is 17.1 Å². The molecular formula is C20H12O7. The summed E-state index contributed by atoms with van der Waals surface area (Å²) in [6.45, 7) is 0. The molecule has 134 valence electrons. The predicted octanol–water partition coefficient (Wildman–Crippen LogP) is 1.77. The maximum atomic E-state index is 12.4. The van der Waals surface area contributed by atoms with Gasteiger partial charge in [-0.05, 0) is 30.4 Å². The Morgan fingerprint density at radius 3 is 2.78 bits per heavy atom. The standard InChI is InChI=1S/C20H12O7/c21-9-6-7-19-14-8(9)2-1-3-11(14)26-20(27-19)15-12(25-19)5-4-10(22)13(15)16(23)17-18(20)24-17/h1-7,16-18,22-23H/t16-,17?,18?,19-,20+/m1/s1. The van der Waals surface area contributed by atoms with Crippen LogP contribution < -0.4 is 9.47 Å². The number of hydrogen-bond donors (Lipinski definition) is 2. The number of aliphatic hydroxyl groups excluding tert-OH is 1. The van der Waals surface area contributed by atoms with Crippen molar-refractivity contribution in [2.45, 2.75) is 29.9 Å². The third-order valence-electron chi connectivity index (χ3n) is 5.96. The van der Waals surface area contributed by atoms with Crippen LogP contribution in [0.5, 0.6) is 17.2 Å². The predicted molar refractivity (Wildman–Crippen MR) is 87.3 cm³/mol. The molecule has 0 radical (unpaired) electrons. The number of ketones is 1. The number of phenolic OH excluding ortho intramolecular Hbond substituents is 1. The molecule has 2 spiro atoms. The SMILES string of the molecule is O=C1C=C[C@]23Oc4ccc(O)c5c4[C@](Oc4cccc1c42)(O3)C1OC1[C@@H]5O. The first kappa shape index (κ1) is 14.2. The highest BCUT2D eigenvalue weighted by Gasteiger charge is 2.74. The Bertz CT molecular complexity index is 1120. The van der Waals surface area contributed by atoms with Crippen LogP contribution >= 0.6 is 0 Å². The maximum Gasteiger partial charge on any atom is 0.274 e. The van der Waals surface area contributed by atoms with Crippen molar-refractivity contribution in [3.05, 3.63) is 64.7 Å². The molecular weight excluding hydrogens is 352 g/mol. The van der Waals surface area contributed by atoms with E-state index in [0.717, 1.165) is 0 Å². The molecule has 1 fully saturated rings. The lowest BCUT2D eigenvalue weighted by molar-refractivity contribution is -0.346. The average Bonchev–Trinajstić information content (AvgIpc) is 3.46. The van der Waals surface area contributed by atoms with Gasteiger partial charge in [0.05, 0.1) is 11.1 Å². The van der Waals surface area contributed by atoms with Crippen molar-refractivity contribution in [3.8, 4) is 17.2 Å². The minimum atomic E-state index is -1.37. The van der Waals surface area contributed by atoms with Gasteiger partial charge < -0.3 is 24.4 Å². The number of rotatable bonds is 0. The van der Waals surface area contributed by atoms with E-state index >= 15 is 0 Å². The third-order valence-corrected chi connectivity index (χ3v) is 5.96. The zero-order valence-corrected chi connectivity index (χ0v) is 13.7. The number of aliphatic hydroxyl groups is 1. The van der Waals surface area contributed by atoms with Crippen molar-refractivity contribution >= 4 is 5.78 Å². The molecule has 7 rings (SSSR count). The second-order valence-electron chi connectivity index (χ2n) is 7.36. The second kappa shape index (κ2) is 4.01. The van der Waals surface area contributed by atoms with Gasteiger partial charge in [0.25, 0.3) is 11.6 Å². The first-order chi connectivity index (χ1) is 13.0. The van der Waals surface area contributed by atoms with Gasteiger partial charge in [0.1, 0.15) is 29.5 Å². The molecule has 7 nitrogen and oxygen atoms in total. The van der Waals surface area contributed by atoms with Crippen LogP contribution in [-0.4, -0.2) is 28.2 Å². The normalized spacial score (nSPS) is 38.1. The van der Waals surface area contributed by atoms with Crippen molar-refractivity contribution in [3.63, 3.8) is 0 Å². The molecule has 5 aliphatic rings. The van der Waals surface area contributed by atoms with Crippen LogP contribution in [0.4, 0.5) is 0 Å². The highest BCUT2D eigenvalue weighted by atomic mass is 16.8. The van der Waals surface area contributed by atoms with Gasteiger partial charge in [-0.15, -0.1) is 0 Å². The number of epoxide rings is 1. The molecule has 2 aromatic carbocycles. The van der Waals surface area contributed by atoms with E-state index in [1.165, 1.54) is 12.1 Å². The van der Waals surface area contributed by atoms with Crippen LogP contribution in [-0.2, 0) is 21.0 Å². The van der Waals surface area contributed by atoms with Crippen molar-refractivity contribution in [1.29, 1.82) is 0 Å². The molecule has 5 atom stereocenters. The number of ether oxygens (including phenoxy) is 4. The molecule has 7 heteroatoms. The van der Waals surface area contributed by atoms with Gasteiger partial charge in [0.15, 0.2) is 11.9 Å². The van der Waals surface area contributed by atoms with Crippen LogP contribution in [0.2, 0.25) is 0 Å². The van der Waals surface area contributed by atoms with Crippen LogP contribution in [0.1, 0.15) is 33.2 Å². The summed E-state index contributed by atoms with van der Waals surface area (Å²) < 4.78 is 24.6. The Morgan fingerprint density at radius 2 is 1.89 bits per heavy atom. The molecule has 2 aromatic rings. The lowest BCUT2D eigenvalue weighted by atomic mass is 9.79. The summed E-state index contributed by atoms with van der Waals surface area (Å²) in [4.78, 5) is 12.4. The van der Waals surface area contributed by atoms with Gasteiger partial charge in [-0.2, -0.15) is 0 Å². The van der Waals surface area contributed by atoms with Crippen LogP contribution in [0.3, 0.4) is 0 Å². The van der Waals surface area contributed by atoms with E-state index in [2.05, 4.69) is 0 Å². The van der Waals surface area contributed by atoms with E-state index in [1.807, 2.05) is 0 Å². The third kappa shape index (κ3) is 1.39. The molecule has 1 saturated heterocycles.